The van der Waals surface area contributed by atoms with Crippen LogP contribution in [0.2, 0.25) is 0 Å². The molecule has 2 heterocycles. The summed E-state index contributed by atoms with van der Waals surface area (Å²) in [6.45, 7) is 8.80. The molecule has 4 rings (SSSR count). The van der Waals surface area contributed by atoms with Gasteiger partial charge in [-0.05, 0) is 34.7 Å². The van der Waals surface area contributed by atoms with Crippen LogP contribution in [0.15, 0.2) is 54.7 Å². The van der Waals surface area contributed by atoms with Gasteiger partial charge in [-0.1, -0.05) is 63.2 Å². The Morgan fingerprint density at radius 2 is 1.68 bits per heavy atom. The van der Waals surface area contributed by atoms with Gasteiger partial charge >= 0.3 is 0 Å². The van der Waals surface area contributed by atoms with Crippen LogP contribution in [0, 0.1) is 6.92 Å². The van der Waals surface area contributed by atoms with E-state index in [1.54, 1.807) is 0 Å². The van der Waals surface area contributed by atoms with Gasteiger partial charge in [0.1, 0.15) is 17.2 Å². The second-order valence-electron chi connectivity index (χ2n) is 7.69. The Balaban J connectivity index is 2.09. The minimum absolute atomic E-state index is 0.000409. The number of rotatable bonds is 1. The maximum atomic E-state index is 6.52. The van der Waals surface area contributed by atoms with Crippen LogP contribution in [0.25, 0.3) is 27.7 Å². The molecule has 0 amide bonds. The Morgan fingerprint density at radius 1 is 0.960 bits per heavy atom. The van der Waals surface area contributed by atoms with Crippen molar-refractivity contribution < 1.29 is 0 Å². The first-order chi connectivity index (χ1) is 11.9. The maximum absolute atomic E-state index is 6.52. The number of anilines is 1. The third-order valence-corrected chi connectivity index (χ3v) is 4.83. The molecule has 2 aromatic heterocycles. The quantitative estimate of drug-likeness (QED) is 0.512. The van der Waals surface area contributed by atoms with Crippen molar-refractivity contribution in [2.75, 3.05) is 5.73 Å². The van der Waals surface area contributed by atoms with E-state index in [4.69, 9.17) is 10.7 Å². The van der Waals surface area contributed by atoms with E-state index in [0.29, 0.717) is 5.82 Å². The Kier molecular flexibility index (Phi) is 3.36. The van der Waals surface area contributed by atoms with Gasteiger partial charge < -0.3 is 5.73 Å². The Bertz CT molecular complexity index is 1090. The van der Waals surface area contributed by atoms with Crippen LogP contribution in [-0.4, -0.2) is 9.38 Å². The number of benzene rings is 2. The zero-order chi connectivity index (χ0) is 17.8. The van der Waals surface area contributed by atoms with Crippen molar-refractivity contribution in [2.24, 2.45) is 0 Å². The van der Waals surface area contributed by atoms with Crippen LogP contribution in [0.4, 0.5) is 5.82 Å². The van der Waals surface area contributed by atoms with E-state index in [1.165, 1.54) is 21.9 Å². The number of aryl methyl sites for hydroxylation is 1. The number of nitrogen functional groups attached to an aromatic ring is 1. The van der Waals surface area contributed by atoms with Gasteiger partial charge in [0, 0.05) is 17.3 Å². The van der Waals surface area contributed by atoms with E-state index in [2.05, 4.69) is 76.2 Å². The summed E-state index contributed by atoms with van der Waals surface area (Å²) in [4.78, 5) is 5.00. The number of nitrogens with zero attached hydrogens (tertiary/aromatic N) is 2. The van der Waals surface area contributed by atoms with Crippen LogP contribution in [0.5, 0.6) is 0 Å². The van der Waals surface area contributed by atoms with Crippen molar-refractivity contribution in [3.05, 3.63) is 65.9 Å². The van der Waals surface area contributed by atoms with Crippen molar-refractivity contribution >= 4 is 22.2 Å². The van der Waals surface area contributed by atoms with Crippen LogP contribution >= 0.6 is 0 Å². The molecule has 126 valence electrons. The summed E-state index contributed by atoms with van der Waals surface area (Å²) in [5, 5.41) is 2.37. The van der Waals surface area contributed by atoms with Gasteiger partial charge in [-0.3, -0.25) is 4.40 Å². The van der Waals surface area contributed by atoms with Gasteiger partial charge in [0.15, 0.2) is 0 Å². The van der Waals surface area contributed by atoms with Gasteiger partial charge in [-0.25, -0.2) is 4.98 Å². The number of pyridine rings is 1. The standard InChI is InChI=1S/C22H23N3/c1-14-12-13-25-20(23)19(24-21(25)18(14)22(2,3)4)17-11-7-9-15-8-5-6-10-16(15)17/h5-13H,23H2,1-4H3. The van der Waals surface area contributed by atoms with E-state index in [1.807, 2.05) is 10.6 Å². The second kappa shape index (κ2) is 5.35. The van der Waals surface area contributed by atoms with Crippen molar-refractivity contribution in [1.29, 1.82) is 0 Å². The molecule has 0 aliphatic carbocycles. The molecule has 25 heavy (non-hydrogen) atoms. The molecule has 0 aliphatic rings. The molecule has 0 radical (unpaired) electrons. The maximum Gasteiger partial charge on any atom is 0.143 e. The van der Waals surface area contributed by atoms with Gasteiger partial charge in [0.2, 0.25) is 0 Å². The molecule has 3 nitrogen and oxygen atoms in total. The molecule has 0 aliphatic heterocycles. The molecule has 0 saturated carbocycles. The first-order valence-corrected chi connectivity index (χ1v) is 8.63. The third kappa shape index (κ3) is 2.39. The van der Waals surface area contributed by atoms with E-state index >= 15 is 0 Å². The largest absolute Gasteiger partial charge is 0.383 e. The summed E-state index contributed by atoms with van der Waals surface area (Å²) in [6.07, 6.45) is 2.02. The zero-order valence-electron chi connectivity index (χ0n) is 15.2. The van der Waals surface area contributed by atoms with Gasteiger partial charge in [-0.15, -0.1) is 0 Å². The summed E-state index contributed by atoms with van der Waals surface area (Å²) in [5.41, 5.74) is 11.9. The molecule has 3 heteroatoms. The first kappa shape index (κ1) is 15.7. The van der Waals surface area contributed by atoms with E-state index in [9.17, 15) is 0 Å². The van der Waals surface area contributed by atoms with E-state index in [0.717, 1.165) is 16.9 Å². The van der Waals surface area contributed by atoms with Crippen LogP contribution < -0.4 is 5.73 Å². The number of hydrogen-bond acceptors (Lipinski definition) is 2. The van der Waals surface area contributed by atoms with Gasteiger partial charge in [0.25, 0.3) is 0 Å². The molecule has 0 atom stereocenters. The molecular weight excluding hydrogens is 306 g/mol. The smallest absolute Gasteiger partial charge is 0.143 e. The predicted molar refractivity (Wildman–Crippen MR) is 106 cm³/mol. The monoisotopic (exact) mass is 329 g/mol. The van der Waals surface area contributed by atoms with Crippen molar-refractivity contribution in [3.63, 3.8) is 0 Å². The van der Waals surface area contributed by atoms with E-state index in [-0.39, 0.29) is 5.41 Å². The minimum atomic E-state index is 0.000409. The van der Waals surface area contributed by atoms with Crippen molar-refractivity contribution in [3.8, 4) is 11.3 Å². The average molecular weight is 329 g/mol. The summed E-state index contributed by atoms with van der Waals surface area (Å²) in [5.74, 6) is 0.692. The molecule has 2 N–H and O–H groups in total. The van der Waals surface area contributed by atoms with Crippen LogP contribution in [0.1, 0.15) is 31.9 Å². The number of aromatic nitrogens is 2. The Hall–Kier alpha value is -2.81. The first-order valence-electron chi connectivity index (χ1n) is 8.63. The SMILES string of the molecule is Cc1ccn2c(N)c(-c3cccc4ccccc34)nc2c1C(C)(C)C. The molecular formula is C22H23N3. The van der Waals surface area contributed by atoms with Crippen LogP contribution in [-0.2, 0) is 5.41 Å². The lowest BCUT2D eigenvalue weighted by atomic mass is 9.85. The highest BCUT2D eigenvalue weighted by molar-refractivity contribution is 5.98. The molecule has 2 aromatic carbocycles. The summed E-state index contributed by atoms with van der Waals surface area (Å²) < 4.78 is 2.02. The zero-order valence-corrected chi connectivity index (χ0v) is 15.2. The summed E-state index contributed by atoms with van der Waals surface area (Å²) in [7, 11) is 0. The fraction of sp³-hybridized carbons (Fsp3) is 0.227. The minimum Gasteiger partial charge on any atom is -0.383 e. The average Bonchev–Trinajstić information content (AvgIpc) is 2.89. The molecule has 0 spiro atoms. The molecule has 0 fully saturated rings. The lowest BCUT2D eigenvalue weighted by molar-refractivity contribution is 0.587. The molecule has 4 aromatic rings. The molecule has 0 bridgehead atoms. The van der Waals surface area contributed by atoms with Crippen molar-refractivity contribution in [2.45, 2.75) is 33.1 Å². The van der Waals surface area contributed by atoms with Crippen molar-refractivity contribution in [1.82, 2.24) is 9.38 Å². The normalized spacial score (nSPS) is 12.2. The number of imidazole rings is 1. The molecule has 0 unspecified atom stereocenters. The lowest BCUT2D eigenvalue weighted by Gasteiger charge is -2.22. The summed E-state index contributed by atoms with van der Waals surface area (Å²) >= 11 is 0. The number of nitrogens with two attached hydrogens (primary N) is 1. The molecule has 0 saturated heterocycles. The highest BCUT2D eigenvalue weighted by Gasteiger charge is 2.24. The highest BCUT2D eigenvalue weighted by Crippen LogP contribution is 2.36. The summed E-state index contributed by atoms with van der Waals surface area (Å²) in [6, 6.07) is 16.8. The topological polar surface area (TPSA) is 43.3 Å². The Morgan fingerprint density at radius 3 is 2.44 bits per heavy atom. The fourth-order valence-electron chi connectivity index (χ4n) is 3.78. The Labute approximate surface area is 148 Å². The van der Waals surface area contributed by atoms with Crippen LogP contribution in [0.3, 0.4) is 0 Å². The van der Waals surface area contributed by atoms with E-state index < -0.39 is 0 Å². The number of fused-ring (bicyclic) bond motifs is 2. The predicted octanol–water partition coefficient (Wildman–Crippen LogP) is 5.34. The third-order valence-electron chi connectivity index (χ3n) is 4.83. The fourth-order valence-corrected chi connectivity index (χ4v) is 3.78. The van der Waals surface area contributed by atoms with Gasteiger partial charge in [-0.2, -0.15) is 0 Å². The van der Waals surface area contributed by atoms with Gasteiger partial charge in [0.05, 0.1) is 0 Å². The second-order valence-corrected chi connectivity index (χ2v) is 7.69. The highest BCUT2D eigenvalue weighted by atomic mass is 15.1. The lowest BCUT2D eigenvalue weighted by Crippen LogP contribution is -2.15. The number of hydrogen-bond donors (Lipinski definition) is 1.